The molecule has 6 heterocycles. The number of benzene rings is 3. The first kappa shape index (κ1) is 36.9. The third-order valence-corrected chi connectivity index (χ3v) is 21.4. The van der Waals surface area contributed by atoms with E-state index in [1.807, 2.05) is 0 Å². The predicted molar refractivity (Wildman–Crippen MR) is 256 cm³/mol. The molecule has 10 nitrogen and oxygen atoms in total. The topological polar surface area (TPSA) is 100 Å². The van der Waals surface area contributed by atoms with Gasteiger partial charge in [0.05, 0.1) is 0 Å². The van der Waals surface area contributed by atoms with E-state index in [4.69, 9.17) is 33.8 Å². The fourth-order valence-electron chi connectivity index (χ4n) is 16.7. The number of aliphatic imine (C=N–C) groups is 5. The molecule has 326 valence electrons. The van der Waals surface area contributed by atoms with Crippen LogP contribution in [0.5, 0.6) is 0 Å². The molecule has 1 unspecified atom stereocenters. The average molecular weight is 875 g/mol. The Bertz CT molecular complexity index is 2920. The van der Waals surface area contributed by atoms with Crippen LogP contribution >= 0.6 is 0 Å². The van der Waals surface area contributed by atoms with Crippen LogP contribution in [0, 0.1) is 46.3 Å². The molecule has 0 amide bonds. The van der Waals surface area contributed by atoms with E-state index in [0.717, 1.165) is 127 Å². The van der Waals surface area contributed by atoms with Crippen molar-refractivity contribution in [2.45, 2.75) is 96.1 Å². The Morgan fingerprint density at radius 3 is 1.77 bits per heavy atom. The van der Waals surface area contributed by atoms with Crippen LogP contribution in [0.3, 0.4) is 0 Å². The van der Waals surface area contributed by atoms with E-state index in [9.17, 15) is 0 Å². The van der Waals surface area contributed by atoms with Crippen LogP contribution < -0.4 is 5.32 Å². The van der Waals surface area contributed by atoms with E-state index in [1.54, 1.807) is 0 Å². The smallest absolute Gasteiger partial charge is 0.361 e. The number of fused-ring (bicyclic) bond motifs is 13. The second kappa shape index (κ2) is 13.0. The maximum absolute atomic E-state index is 8.41. The van der Waals surface area contributed by atoms with Gasteiger partial charge in [-0.15, -0.1) is 0 Å². The standard InChI is InChI=1S/C54H54N8O2Si/c1-2-10-38-37(9-1)45-55-46(38)58-50-43-15-7-8-16-44(43)52-60-48-40-12-4-3-11-39(40)47(56-48)59-51-42-14-6-5-13-41(42)49(57-45)61(51)65(62(50)52,63-29-53-23-31-17-32(24-53)19-33(18-31)25-53)64-30-54-26-34-20-35(27-54)22-36(21-34)28-54/h1-3,5-11,13-16,31-36,49H,4,12,17-30H2,(H,55,57,58)/b59-51-,60-48-. The number of allylic oxidation sites excluding steroid dienone is 1. The Balaban J connectivity index is 1.02. The minimum Gasteiger partial charge on any atom is -0.361 e. The van der Waals surface area contributed by atoms with E-state index in [-0.39, 0.29) is 10.8 Å². The van der Waals surface area contributed by atoms with Crippen molar-refractivity contribution in [2.24, 2.45) is 71.3 Å². The molecule has 11 heteroatoms. The Kier molecular flexibility index (Phi) is 7.39. The van der Waals surface area contributed by atoms with Crippen molar-refractivity contribution >= 4 is 60.5 Å². The number of rotatable bonds is 6. The Hall–Kier alpha value is -5.23. The quantitative estimate of drug-likeness (QED) is 0.195. The molecule has 3 aromatic carbocycles. The highest BCUT2D eigenvalue weighted by Gasteiger charge is 2.64. The molecular formula is C54H54N8O2Si. The number of amidine groups is 5. The zero-order valence-electron chi connectivity index (χ0n) is 36.9. The molecule has 1 aromatic heterocycles. The summed E-state index contributed by atoms with van der Waals surface area (Å²) >= 11 is 0. The number of nitrogens with one attached hydrogen (secondary N) is 1. The summed E-state index contributed by atoms with van der Waals surface area (Å²) in [4.78, 5) is 28.2. The van der Waals surface area contributed by atoms with Gasteiger partial charge in [-0.3, -0.25) is 8.80 Å². The lowest BCUT2D eigenvalue weighted by Gasteiger charge is -2.58. The van der Waals surface area contributed by atoms with Gasteiger partial charge < -0.3 is 14.2 Å². The third kappa shape index (κ3) is 5.20. The first-order valence-electron chi connectivity index (χ1n) is 25.0. The van der Waals surface area contributed by atoms with Crippen molar-refractivity contribution in [3.63, 3.8) is 0 Å². The van der Waals surface area contributed by atoms with Gasteiger partial charge in [0.1, 0.15) is 29.5 Å². The second-order valence-electron chi connectivity index (χ2n) is 22.6. The maximum Gasteiger partial charge on any atom is 0.599 e. The number of hydrogen-bond acceptors (Lipinski definition) is 9. The van der Waals surface area contributed by atoms with Gasteiger partial charge in [0.2, 0.25) is 0 Å². The van der Waals surface area contributed by atoms with Gasteiger partial charge in [-0.05, 0) is 136 Å². The molecule has 9 aliphatic carbocycles. The van der Waals surface area contributed by atoms with Crippen molar-refractivity contribution in [1.82, 2.24) is 14.1 Å². The highest BCUT2D eigenvalue weighted by molar-refractivity contribution is 6.68. The minimum absolute atomic E-state index is 0.108. The van der Waals surface area contributed by atoms with E-state index < -0.39 is 15.0 Å². The summed E-state index contributed by atoms with van der Waals surface area (Å²) < 4.78 is 21.8. The first-order chi connectivity index (χ1) is 32.0. The largest absolute Gasteiger partial charge is 0.599 e. The molecule has 14 aliphatic rings. The molecule has 1 N–H and O–H groups in total. The summed E-state index contributed by atoms with van der Waals surface area (Å²) in [5.41, 5.74) is 6.71. The van der Waals surface area contributed by atoms with Crippen LogP contribution in [0.2, 0.25) is 0 Å². The summed E-state index contributed by atoms with van der Waals surface area (Å²) in [7, 11) is -4.11. The zero-order chi connectivity index (χ0) is 42.2. The van der Waals surface area contributed by atoms with Crippen molar-refractivity contribution in [3.05, 3.63) is 118 Å². The molecule has 5 aliphatic heterocycles. The van der Waals surface area contributed by atoms with E-state index in [1.165, 1.54) is 77.0 Å². The first-order valence-corrected chi connectivity index (χ1v) is 26.7. The summed E-state index contributed by atoms with van der Waals surface area (Å²) in [6, 6.07) is 26.2. The summed E-state index contributed by atoms with van der Waals surface area (Å²) in [5, 5.41) is 6.16. The molecule has 4 aromatic rings. The molecule has 0 saturated heterocycles. The molecule has 0 spiro atoms. The SMILES string of the molecule is C1=CC2=C(CC1)/C1=N/c3c4ccccc4c4n3[Si](OCC35CC6CC(CC(C6)C3)C5)(OCC35CC6CC(CC(C6)C3)C5)N3/C(=N\C2=N1)c1ccccc1C3NC1=N/C(=N\4)c2ccccc21. The fourth-order valence-corrected chi connectivity index (χ4v) is 20.3. The highest BCUT2D eigenvalue weighted by atomic mass is 28.4. The number of aromatic nitrogens is 1. The Morgan fingerprint density at radius 1 is 0.585 bits per heavy atom. The monoisotopic (exact) mass is 874 g/mol. The van der Waals surface area contributed by atoms with Crippen molar-refractivity contribution in [1.29, 1.82) is 0 Å². The third-order valence-electron chi connectivity index (χ3n) is 18.3. The van der Waals surface area contributed by atoms with Crippen LogP contribution in [0.4, 0.5) is 11.6 Å². The summed E-state index contributed by atoms with van der Waals surface area (Å²) in [5.74, 6) is 10.2. The normalized spacial score (nSPS) is 39.2. The molecule has 18 rings (SSSR count). The zero-order valence-corrected chi connectivity index (χ0v) is 37.9. The lowest BCUT2D eigenvalue weighted by atomic mass is 9.50. The molecule has 1 atom stereocenters. The average Bonchev–Trinajstić information content (AvgIpc) is 4.02. The Labute approximate surface area is 380 Å². The maximum atomic E-state index is 8.41. The molecule has 8 saturated carbocycles. The van der Waals surface area contributed by atoms with Crippen LogP contribution in [-0.4, -0.2) is 60.1 Å². The van der Waals surface area contributed by atoms with Crippen LogP contribution in [0.25, 0.3) is 10.8 Å². The number of hydrogen-bond donors (Lipinski definition) is 1. The van der Waals surface area contributed by atoms with Gasteiger partial charge in [0.25, 0.3) is 0 Å². The van der Waals surface area contributed by atoms with Crippen LogP contribution in [0.1, 0.15) is 118 Å². The fraction of sp³-hybridized carbons (Fsp3) is 0.463. The van der Waals surface area contributed by atoms with Crippen molar-refractivity contribution < 1.29 is 8.85 Å². The summed E-state index contributed by atoms with van der Waals surface area (Å²) in [6.45, 7) is 1.30. The highest BCUT2D eigenvalue weighted by Crippen LogP contribution is 2.63. The van der Waals surface area contributed by atoms with Crippen LogP contribution in [-0.2, 0) is 8.85 Å². The molecule has 65 heavy (non-hydrogen) atoms. The lowest BCUT2D eigenvalue weighted by Crippen LogP contribution is -2.69. The van der Waals surface area contributed by atoms with Gasteiger partial charge >= 0.3 is 8.88 Å². The van der Waals surface area contributed by atoms with E-state index in [2.05, 4.69) is 99.1 Å². The minimum atomic E-state index is -4.11. The number of nitrogens with zero attached hydrogens (tertiary/aromatic N) is 7. The molecular weight excluding hydrogens is 821 g/mol. The second-order valence-corrected chi connectivity index (χ2v) is 25.2. The van der Waals surface area contributed by atoms with E-state index in [0.29, 0.717) is 19.0 Å². The van der Waals surface area contributed by atoms with Gasteiger partial charge in [0, 0.05) is 57.4 Å². The van der Waals surface area contributed by atoms with Gasteiger partial charge in [0.15, 0.2) is 17.5 Å². The Morgan fingerprint density at radius 2 is 1.14 bits per heavy atom. The van der Waals surface area contributed by atoms with Gasteiger partial charge in [-0.25, -0.2) is 25.0 Å². The van der Waals surface area contributed by atoms with Gasteiger partial charge in [-0.1, -0.05) is 84.9 Å². The van der Waals surface area contributed by atoms with Crippen molar-refractivity contribution in [3.8, 4) is 0 Å². The van der Waals surface area contributed by atoms with Crippen LogP contribution in [0.15, 0.2) is 121 Å². The van der Waals surface area contributed by atoms with Crippen molar-refractivity contribution in [2.75, 3.05) is 13.2 Å². The lowest BCUT2D eigenvalue weighted by molar-refractivity contribution is -0.1000. The summed E-state index contributed by atoms with van der Waals surface area (Å²) in [6.07, 6.45) is 21.7. The molecule has 0 radical (unpaired) electrons. The predicted octanol–water partition coefficient (Wildman–Crippen LogP) is 10.7. The van der Waals surface area contributed by atoms with E-state index >= 15 is 0 Å². The molecule has 14 bridgehead atoms. The molecule has 8 fully saturated rings. The van der Waals surface area contributed by atoms with Gasteiger partial charge in [-0.2, -0.15) is 0 Å².